The number of nitrogens with one attached hydrogen (secondary N) is 2. The molecular formula is C23H29ClN6O. The van der Waals surface area contributed by atoms with Crippen LogP contribution in [0.3, 0.4) is 0 Å². The molecule has 1 aliphatic rings. The standard InChI is InChI=1S/C23H29ClN6O/c24-19-8-6-16(7-9-19)14-20(26-21(15-31)17-4-2-1-3-5-17)18-10-12-30(13-11-18)23-27-22(25)28-29-23/h1-9,18,20-21,26,31H,10-15H2,(H3,25,27,28,29)/t20?,21-/m0/s1. The molecule has 0 aliphatic carbocycles. The van der Waals surface area contributed by atoms with Crippen molar-refractivity contribution < 1.29 is 5.11 Å². The highest BCUT2D eigenvalue weighted by atomic mass is 35.5. The van der Waals surface area contributed by atoms with E-state index in [1.807, 2.05) is 30.3 Å². The number of aliphatic hydroxyl groups is 1. The molecule has 0 saturated carbocycles. The highest BCUT2D eigenvalue weighted by Gasteiger charge is 2.29. The lowest BCUT2D eigenvalue weighted by atomic mass is 9.85. The molecule has 5 N–H and O–H groups in total. The van der Waals surface area contributed by atoms with Crippen LogP contribution in [-0.2, 0) is 6.42 Å². The van der Waals surface area contributed by atoms with Gasteiger partial charge in [0.2, 0.25) is 11.9 Å². The molecule has 164 valence electrons. The summed E-state index contributed by atoms with van der Waals surface area (Å²) in [5, 5.41) is 21.5. The average molecular weight is 441 g/mol. The number of hydrogen-bond acceptors (Lipinski definition) is 6. The maximum absolute atomic E-state index is 10.1. The summed E-state index contributed by atoms with van der Waals surface area (Å²) >= 11 is 6.08. The van der Waals surface area contributed by atoms with E-state index in [9.17, 15) is 5.11 Å². The predicted octanol–water partition coefficient (Wildman–Crippen LogP) is 3.19. The van der Waals surface area contributed by atoms with Crippen molar-refractivity contribution in [3.05, 3.63) is 70.7 Å². The molecule has 0 bridgehead atoms. The maximum Gasteiger partial charge on any atom is 0.246 e. The van der Waals surface area contributed by atoms with Gasteiger partial charge >= 0.3 is 0 Å². The summed E-state index contributed by atoms with van der Waals surface area (Å²) in [4.78, 5) is 6.43. The number of nitrogens with two attached hydrogens (primary N) is 1. The number of anilines is 2. The van der Waals surface area contributed by atoms with Gasteiger partial charge in [0.1, 0.15) is 0 Å². The van der Waals surface area contributed by atoms with Gasteiger partial charge in [0, 0.05) is 24.2 Å². The van der Waals surface area contributed by atoms with Crippen LogP contribution in [0.4, 0.5) is 11.9 Å². The van der Waals surface area contributed by atoms with Crippen molar-refractivity contribution in [1.82, 2.24) is 20.5 Å². The van der Waals surface area contributed by atoms with Crippen LogP contribution in [0.2, 0.25) is 5.02 Å². The fourth-order valence-electron chi connectivity index (χ4n) is 4.34. The monoisotopic (exact) mass is 440 g/mol. The lowest BCUT2D eigenvalue weighted by Gasteiger charge is -2.37. The molecule has 2 heterocycles. The van der Waals surface area contributed by atoms with Gasteiger partial charge in [-0.25, -0.2) is 5.10 Å². The molecule has 1 fully saturated rings. The van der Waals surface area contributed by atoms with Gasteiger partial charge in [0.25, 0.3) is 0 Å². The van der Waals surface area contributed by atoms with Gasteiger partial charge in [-0.1, -0.05) is 54.1 Å². The molecule has 1 unspecified atom stereocenters. The van der Waals surface area contributed by atoms with E-state index in [-0.39, 0.29) is 18.7 Å². The van der Waals surface area contributed by atoms with Crippen molar-refractivity contribution in [1.29, 1.82) is 0 Å². The van der Waals surface area contributed by atoms with Crippen LogP contribution >= 0.6 is 11.6 Å². The Hall–Kier alpha value is -2.61. The summed E-state index contributed by atoms with van der Waals surface area (Å²) in [5.41, 5.74) is 8.01. The van der Waals surface area contributed by atoms with E-state index >= 15 is 0 Å². The van der Waals surface area contributed by atoms with E-state index in [0.29, 0.717) is 17.8 Å². The highest BCUT2D eigenvalue weighted by molar-refractivity contribution is 6.30. The van der Waals surface area contributed by atoms with Crippen molar-refractivity contribution in [2.45, 2.75) is 31.3 Å². The van der Waals surface area contributed by atoms with Gasteiger partial charge in [0.15, 0.2) is 0 Å². The molecule has 4 rings (SSSR count). The average Bonchev–Trinajstić information content (AvgIpc) is 3.25. The van der Waals surface area contributed by atoms with Crippen molar-refractivity contribution in [3.8, 4) is 0 Å². The van der Waals surface area contributed by atoms with Crippen molar-refractivity contribution in [3.63, 3.8) is 0 Å². The predicted molar refractivity (Wildman–Crippen MR) is 124 cm³/mol. The molecular weight excluding hydrogens is 412 g/mol. The number of hydrogen-bond donors (Lipinski definition) is 4. The fraction of sp³-hybridized carbons (Fsp3) is 0.391. The zero-order valence-electron chi connectivity index (χ0n) is 17.4. The number of aliphatic hydroxyl groups excluding tert-OH is 1. The third kappa shape index (κ3) is 5.55. The number of halogens is 1. The number of aromatic amines is 1. The lowest BCUT2D eigenvalue weighted by molar-refractivity contribution is 0.203. The zero-order chi connectivity index (χ0) is 21.6. The Kier molecular flexibility index (Phi) is 7.06. The molecule has 1 aromatic heterocycles. The topological polar surface area (TPSA) is 103 Å². The van der Waals surface area contributed by atoms with E-state index in [4.69, 9.17) is 17.3 Å². The Morgan fingerprint density at radius 2 is 1.84 bits per heavy atom. The second-order valence-electron chi connectivity index (χ2n) is 8.09. The molecule has 1 saturated heterocycles. The Bertz CT molecular complexity index is 940. The Morgan fingerprint density at radius 3 is 2.45 bits per heavy atom. The second kappa shape index (κ2) is 10.1. The van der Waals surface area contributed by atoms with Gasteiger partial charge in [0.05, 0.1) is 12.6 Å². The molecule has 0 amide bonds. The first-order chi connectivity index (χ1) is 15.1. The van der Waals surface area contributed by atoms with Gasteiger partial charge in [-0.15, -0.1) is 5.10 Å². The minimum atomic E-state index is -0.107. The number of nitrogen functional groups attached to an aromatic ring is 1. The first-order valence-corrected chi connectivity index (χ1v) is 11.1. The molecule has 2 aromatic carbocycles. The highest BCUT2D eigenvalue weighted by Crippen LogP contribution is 2.27. The summed E-state index contributed by atoms with van der Waals surface area (Å²) in [6, 6.07) is 18.3. The van der Waals surface area contributed by atoms with E-state index < -0.39 is 0 Å². The Balaban J connectivity index is 1.48. The van der Waals surface area contributed by atoms with Crippen molar-refractivity contribution >= 4 is 23.5 Å². The fourth-order valence-corrected chi connectivity index (χ4v) is 4.47. The summed E-state index contributed by atoms with van der Waals surface area (Å²) < 4.78 is 0. The molecule has 1 aliphatic heterocycles. The second-order valence-corrected chi connectivity index (χ2v) is 8.53. The normalized spacial score (nSPS) is 16.9. The number of nitrogens with zero attached hydrogens (tertiary/aromatic N) is 3. The minimum Gasteiger partial charge on any atom is -0.394 e. The molecule has 0 radical (unpaired) electrons. The molecule has 0 spiro atoms. The van der Waals surface area contributed by atoms with Crippen molar-refractivity contribution in [2.24, 2.45) is 5.92 Å². The first-order valence-electron chi connectivity index (χ1n) is 10.7. The zero-order valence-corrected chi connectivity index (χ0v) is 18.2. The lowest BCUT2D eigenvalue weighted by Crippen LogP contribution is -2.46. The van der Waals surface area contributed by atoms with Crippen LogP contribution in [-0.4, -0.2) is 46.0 Å². The smallest absolute Gasteiger partial charge is 0.246 e. The van der Waals surface area contributed by atoms with Gasteiger partial charge < -0.3 is 21.1 Å². The van der Waals surface area contributed by atoms with Crippen LogP contribution in [0.5, 0.6) is 0 Å². The number of aromatic nitrogens is 3. The van der Waals surface area contributed by atoms with Crippen LogP contribution in [0, 0.1) is 5.92 Å². The third-order valence-electron chi connectivity index (χ3n) is 6.05. The van der Waals surface area contributed by atoms with Gasteiger partial charge in [-0.2, -0.15) is 4.98 Å². The van der Waals surface area contributed by atoms with Crippen LogP contribution in [0.25, 0.3) is 0 Å². The number of benzene rings is 2. The van der Waals surface area contributed by atoms with Crippen LogP contribution in [0.1, 0.15) is 30.0 Å². The van der Waals surface area contributed by atoms with E-state index in [1.54, 1.807) is 0 Å². The SMILES string of the molecule is Nc1nc(N2CCC(C(Cc3ccc(Cl)cc3)N[C@@H](CO)c3ccccc3)CC2)n[nH]1. The minimum absolute atomic E-state index is 0.0520. The van der Waals surface area contributed by atoms with E-state index in [0.717, 1.165) is 42.9 Å². The third-order valence-corrected chi connectivity index (χ3v) is 6.30. The van der Waals surface area contributed by atoms with Crippen LogP contribution < -0.4 is 16.0 Å². The quantitative estimate of drug-likeness (QED) is 0.429. The van der Waals surface area contributed by atoms with E-state index in [2.05, 4.69) is 49.7 Å². The summed E-state index contributed by atoms with van der Waals surface area (Å²) in [7, 11) is 0. The molecule has 7 nitrogen and oxygen atoms in total. The molecule has 2 atom stereocenters. The van der Waals surface area contributed by atoms with Gasteiger partial charge in [-0.3, -0.25) is 0 Å². The number of piperidine rings is 1. The summed E-state index contributed by atoms with van der Waals surface area (Å²) in [6.45, 7) is 1.79. The maximum atomic E-state index is 10.1. The molecule has 8 heteroatoms. The summed E-state index contributed by atoms with van der Waals surface area (Å²) in [5.74, 6) is 1.46. The van der Waals surface area contributed by atoms with Crippen LogP contribution in [0.15, 0.2) is 54.6 Å². The number of H-pyrrole nitrogens is 1. The van der Waals surface area contributed by atoms with Crippen molar-refractivity contribution in [2.75, 3.05) is 30.3 Å². The largest absolute Gasteiger partial charge is 0.394 e. The Labute approximate surface area is 187 Å². The molecule has 31 heavy (non-hydrogen) atoms. The Morgan fingerprint density at radius 1 is 1.13 bits per heavy atom. The molecule has 3 aromatic rings. The summed E-state index contributed by atoms with van der Waals surface area (Å²) in [6.07, 6.45) is 2.89. The number of rotatable bonds is 8. The first kappa shape index (κ1) is 21.6. The van der Waals surface area contributed by atoms with Gasteiger partial charge in [-0.05, 0) is 48.4 Å². The van der Waals surface area contributed by atoms with E-state index in [1.165, 1.54) is 5.56 Å².